The molecule has 1 heterocycles. The number of hydrogen-bond acceptors (Lipinski definition) is 3. The van der Waals surface area contributed by atoms with Crippen LogP contribution in [-0.4, -0.2) is 20.3 Å². The van der Waals surface area contributed by atoms with Crippen LogP contribution in [0.3, 0.4) is 0 Å². The fourth-order valence-corrected chi connectivity index (χ4v) is 2.89. The number of benzene rings is 2. The van der Waals surface area contributed by atoms with E-state index in [1.165, 1.54) is 11.1 Å². The minimum atomic E-state index is 0.213. The maximum Gasteiger partial charge on any atom is 0.164 e. The molecule has 124 valence electrons. The predicted octanol–water partition coefficient (Wildman–Crippen LogP) is 4.89. The summed E-state index contributed by atoms with van der Waals surface area (Å²) in [6.45, 7) is 8.40. The number of rotatable bonds is 2. The molecule has 1 aliphatic heterocycles. The summed E-state index contributed by atoms with van der Waals surface area (Å²) in [7, 11) is 3.31. The van der Waals surface area contributed by atoms with Gasteiger partial charge in [0.2, 0.25) is 0 Å². The molecule has 0 amide bonds. The Morgan fingerprint density at radius 2 is 1.61 bits per heavy atom. The second-order valence-electron chi connectivity index (χ2n) is 5.92. The highest BCUT2D eigenvalue weighted by Crippen LogP contribution is 2.47. The Balaban J connectivity index is 0.000000229. The zero-order valence-corrected chi connectivity index (χ0v) is 14.8. The largest absolute Gasteiger partial charge is 0.493 e. The number of aryl methyl sites for hydroxylation is 1. The van der Waals surface area contributed by atoms with Crippen molar-refractivity contribution in [3.05, 3.63) is 53.1 Å². The first-order chi connectivity index (χ1) is 11.0. The molecule has 0 radical (unpaired) electrons. The van der Waals surface area contributed by atoms with Crippen molar-refractivity contribution in [1.82, 2.24) is 0 Å². The quantitative estimate of drug-likeness (QED) is 0.789. The van der Waals surface area contributed by atoms with Crippen molar-refractivity contribution in [2.45, 2.75) is 39.7 Å². The molecule has 2 aromatic rings. The molecule has 0 fully saturated rings. The highest BCUT2D eigenvalue weighted by atomic mass is 16.5. The zero-order valence-electron chi connectivity index (χ0n) is 14.8. The maximum absolute atomic E-state index is 5.81. The molecular formula is C20H26O3. The lowest BCUT2D eigenvalue weighted by atomic mass is 9.93. The Bertz CT molecular complexity index is 650. The normalized spacial score (nSPS) is 18.3. The van der Waals surface area contributed by atoms with E-state index in [4.69, 9.17) is 14.2 Å². The average molecular weight is 314 g/mol. The van der Waals surface area contributed by atoms with Crippen LogP contribution in [0, 0.1) is 13.8 Å². The van der Waals surface area contributed by atoms with E-state index in [9.17, 15) is 0 Å². The zero-order chi connectivity index (χ0) is 17.0. The third kappa shape index (κ3) is 3.61. The van der Waals surface area contributed by atoms with Crippen molar-refractivity contribution in [2.75, 3.05) is 14.2 Å². The van der Waals surface area contributed by atoms with Gasteiger partial charge in [-0.2, -0.15) is 0 Å². The molecule has 0 N–H and O–H groups in total. The monoisotopic (exact) mass is 314 g/mol. The molecule has 2 aromatic carbocycles. The summed E-state index contributed by atoms with van der Waals surface area (Å²) in [6.07, 6.45) is 0.213. The van der Waals surface area contributed by atoms with Gasteiger partial charge < -0.3 is 14.2 Å². The van der Waals surface area contributed by atoms with Gasteiger partial charge in [-0.15, -0.1) is 0 Å². The smallest absolute Gasteiger partial charge is 0.164 e. The third-order valence-corrected chi connectivity index (χ3v) is 4.33. The lowest BCUT2D eigenvalue weighted by Gasteiger charge is -2.14. The molecular weight excluding hydrogens is 288 g/mol. The second-order valence-corrected chi connectivity index (χ2v) is 5.92. The van der Waals surface area contributed by atoms with Crippen molar-refractivity contribution in [3.8, 4) is 17.2 Å². The van der Waals surface area contributed by atoms with E-state index in [0.29, 0.717) is 5.92 Å². The summed E-state index contributed by atoms with van der Waals surface area (Å²) >= 11 is 0. The first-order valence-electron chi connectivity index (χ1n) is 7.93. The van der Waals surface area contributed by atoms with Gasteiger partial charge in [0.05, 0.1) is 14.2 Å². The van der Waals surface area contributed by atoms with E-state index in [0.717, 1.165) is 22.8 Å². The van der Waals surface area contributed by atoms with Crippen molar-refractivity contribution >= 4 is 0 Å². The predicted molar refractivity (Wildman–Crippen MR) is 94.0 cm³/mol. The molecule has 1 unspecified atom stereocenters. The van der Waals surface area contributed by atoms with Crippen molar-refractivity contribution in [2.24, 2.45) is 0 Å². The topological polar surface area (TPSA) is 27.7 Å². The van der Waals surface area contributed by atoms with E-state index >= 15 is 0 Å². The number of fused-ring (bicyclic) bond motifs is 1. The summed E-state index contributed by atoms with van der Waals surface area (Å²) in [5.74, 6) is 2.87. The fraction of sp³-hybridized carbons (Fsp3) is 0.400. The van der Waals surface area contributed by atoms with Gasteiger partial charge in [0.1, 0.15) is 11.9 Å². The Labute approximate surface area is 139 Å². The summed E-state index contributed by atoms with van der Waals surface area (Å²) < 4.78 is 16.5. The molecule has 0 aliphatic carbocycles. The van der Waals surface area contributed by atoms with Crippen LogP contribution in [0.15, 0.2) is 36.4 Å². The Kier molecular flexibility index (Phi) is 5.54. The number of ether oxygens (including phenoxy) is 3. The summed E-state index contributed by atoms with van der Waals surface area (Å²) in [5.41, 5.74) is 3.68. The van der Waals surface area contributed by atoms with Crippen LogP contribution in [0.2, 0.25) is 0 Å². The fourth-order valence-electron chi connectivity index (χ4n) is 2.89. The molecule has 3 heteroatoms. The van der Waals surface area contributed by atoms with Gasteiger partial charge in [-0.25, -0.2) is 0 Å². The number of hydrogen-bond donors (Lipinski definition) is 0. The van der Waals surface area contributed by atoms with E-state index in [-0.39, 0.29) is 6.10 Å². The van der Waals surface area contributed by atoms with E-state index in [1.807, 2.05) is 24.3 Å². The van der Waals surface area contributed by atoms with Gasteiger partial charge in [0.15, 0.2) is 11.5 Å². The van der Waals surface area contributed by atoms with Crippen LogP contribution in [0.1, 0.15) is 36.5 Å². The van der Waals surface area contributed by atoms with E-state index in [2.05, 4.69) is 39.8 Å². The van der Waals surface area contributed by atoms with Gasteiger partial charge in [-0.3, -0.25) is 0 Å². The molecule has 2 atom stereocenters. The van der Waals surface area contributed by atoms with E-state index in [1.54, 1.807) is 14.2 Å². The average Bonchev–Trinajstić information content (AvgIpc) is 2.83. The highest BCUT2D eigenvalue weighted by Gasteiger charge is 2.32. The Hall–Kier alpha value is -2.16. The van der Waals surface area contributed by atoms with Crippen molar-refractivity contribution in [3.63, 3.8) is 0 Å². The van der Waals surface area contributed by atoms with Crippen molar-refractivity contribution in [1.29, 1.82) is 0 Å². The lowest BCUT2D eigenvalue weighted by molar-refractivity contribution is 0.232. The molecule has 3 nitrogen and oxygen atoms in total. The minimum Gasteiger partial charge on any atom is -0.493 e. The van der Waals surface area contributed by atoms with Gasteiger partial charge >= 0.3 is 0 Å². The first-order valence-corrected chi connectivity index (χ1v) is 7.93. The van der Waals surface area contributed by atoms with Crippen LogP contribution in [0.4, 0.5) is 0 Å². The third-order valence-electron chi connectivity index (χ3n) is 4.33. The van der Waals surface area contributed by atoms with Crippen LogP contribution in [-0.2, 0) is 0 Å². The van der Waals surface area contributed by atoms with Crippen LogP contribution >= 0.6 is 0 Å². The lowest BCUT2D eigenvalue weighted by Crippen LogP contribution is -2.10. The van der Waals surface area contributed by atoms with Crippen LogP contribution in [0.25, 0.3) is 0 Å². The van der Waals surface area contributed by atoms with Gasteiger partial charge in [-0.1, -0.05) is 42.8 Å². The molecule has 0 saturated heterocycles. The molecule has 0 aromatic heterocycles. The standard InChI is InChI=1S/C13H18O3.C7H8/c1-7-9(3)16-10-6-11(14-4)13(15-5)8(2)12(7)10;1-7-5-3-2-4-6-7/h6-7,9H,1-5H3;2-6H,1H3/t7?,9-;/m0./s1. The van der Waals surface area contributed by atoms with E-state index < -0.39 is 0 Å². The van der Waals surface area contributed by atoms with Crippen LogP contribution < -0.4 is 14.2 Å². The molecule has 0 bridgehead atoms. The maximum atomic E-state index is 5.81. The van der Waals surface area contributed by atoms with Gasteiger partial charge in [0.25, 0.3) is 0 Å². The van der Waals surface area contributed by atoms with Crippen molar-refractivity contribution < 1.29 is 14.2 Å². The molecule has 23 heavy (non-hydrogen) atoms. The van der Waals surface area contributed by atoms with Gasteiger partial charge in [0, 0.05) is 23.1 Å². The minimum absolute atomic E-state index is 0.213. The first kappa shape index (κ1) is 17.2. The summed E-state index contributed by atoms with van der Waals surface area (Å²) in [4.78, 5) is 0. The molecule has 3 rings (SSSR count). The molecule has 1 aliphatic rings. The SMILES string of the molecule is COc1cc2c(c(C)c1OC)C(C)[C@H](C)O2.Cc1ccccc1. The van der Waals surface area contributed by atoms with Crippen LogP contribution in [0.5, 0.6) is 17.2 Å². The second kappa shape index (κ2) is 7.40. The molecule has 0 saturated carbocycles. The summed E-state index contributed by atoms with van der Waals surface area (Å²) in [6, 6.07) is 12.2. The Morgan fingerprint density at radius 3 is 2.09 bits per heavy atom. The Morgan fingerprint density at radius 1 is 0.957 bits per heavy atom. The number of methoxy groups -OCH3 is 2. The summed E-state index contributed by atoms with van der Waals surface area (Å²) in [5, 5.41) is 0. The molecule has 0 spiro atoms. The highest BCUT2D eigenvalue weighted by molar-refractivity contribution is 5.59. The van der Waals surface area contributed by atoms with Gasteiger partial charge in [-0.05, 0) is 20.8 Å².